The second-order valence-corrected chi connectivity index (χ2v) is 10.8. The van der Waals surface area contributed by atoms with Crippen LogP contribution in [0.5, 0.6) is 0 Å². The van der Waals surface area contributed by atoms with E-state index >= 15 is 0 Å². The molecule has 0 unspecified atom stereocenters. The van der Waals surface area contributed by atoms with E-state index in [1.54, 1.807) is 60.4 Å². The number of ether oxygens (including phenoxy) is 1. The van der Waals surface area contributed by atoms with E-state index in [1.807, 2.05) is 12.1 Å². The number of hydrogen-bond donors (Lipinski definition) is 0. The first-order chi connectivity index (χ1) is 18.3. The van der Waals surface area contributed by atoms with Crippen LogP contribution in [0.4, 0.5) is 11.4 Å². The van der Waals surface area contributed by atoms with Gasteiger partial charge in [0.1, 0.15) is 6.54 Å². The number of sulfonamides is 1. The molecule has 0 fully saturated rings. The SMILES string of the molecule is CCOC(=O)CN(c1ccc2c(c1)CCCN2C(=O)CCc1ccc(C#N)cc1)S(=O)(=O)c1ccccc1. The number of rotatable bonds is 9. The average Bonchev–Trinajstić information content (AvgIpc) is 2.94. The summed E-state index contributed by atoms with van der Waals surface area (Å²) in [5.74, 6) is -0.673. The Morgan fingerprint density at radius 2 is 1.79 bits per heavy atom. The van der Waals surface area contributed by atoms with E-state index in [2.05, 4.69) is 6.07 Å². The van der Waals surface area contributed by atoms with Gasteiger partial charge in [0, 0.05) is 18.7 Å². The highest BCUT2D eigenvalue weighted by molar-refractivity contribution is 7.92. The molecule has 3 aromatic carbocycles. The molecule has 1 heterocycles. The Hall–Kier alpha value is -4.16. The van der Waals surface area contributed by atoms with Gasteiger partial charge in [-0.2, -0.15) is 5.26 Å². The molecule has 0 saturated carbocycles. The molecule has 38 heavy (non-hydrogen) atoms. The lowest BCUT2D eigenvalue weighted by Crippen LogP contribution is -2.38. The van der Waals surface area contributed by atoms with E-state index in [0.29, 0.717) is 37.1 Å². The lowest BCUT2D eigenvalue weighted by Gasteiger charge is -2.31. The number of esters is 1. The zero-order chi connectivity index (χ0) is 27.1. The molecule has 4 rings (SSSR count). The van der Waals surface area contributed by atoms with E-state index in [-0.39, 0.29) is 17.4 Å². The second kappa shape index (κ2) is 11.9. The van der Waals surface area contributed by atoms with Crippen LogP contribution in [0, 0.1) is 11.3 Å². The molecular weight excluding hydrogens is 502 g/mol. The molecule has 3 aromatic rings. The Bertz CT molecular complexity index is 1450. The molecule has 8 nitrogen and oxygen atoms in total. The van der Waals surface area contributed by atoms with Crippen molar-refractivity contribution in [1.29, 1.82) is 5.26 Å². The third-order valence-corrected chi connectivity index (χ3v) is 8.18. The highest BCUT2D eigenvalue weighted by Gasteiger charge is 2.30. The Labute approximate surface area is 223 Å². The van der Waals surface area contributed by atoms with Crippen molar-refractivity contribution in [3.05, 3.63) is 89.5 Å². The van der Waals surface area contributed by atoms with Crippen molar-refractivity contribution in [3.63, 3.8) is 0 Å². The van der Waals surface area contributed by atoms with Crippen molar-refractivity contribution >= 4 is 33.3 Å². The van der Waals surface area contributed by atoms with E-state index < -0.39 is 22.5 Å². The molecule has 9 heteroatoms. The van der Waals surface area contributed by atoms with Gasteiger partial charge in [0.25, 0.3) is 10.0 Å². The number of amides is 1. The molecule has 0 aromatic heterocycles. The van der Waals surface area contributed by atoms with Gasteiger partial charge in [-0.15, -0.1) is 0 Å². The van der Waals surface area contributed by atoms with E-state index in [1.165, 1.54) is 12.1 Å². The highest BCUT2D eigenvalue weighted by Crippen LogP contribution is 2.33. The summed E-state index contributed by atoms with van der Waals surface area (Å²) in [5.41, 5.74) is 3.49. The Morgan fingerprint density at radius 1 is 1.05 bits per heavy atom. The van der Waals surface area contributed by atoms with Gasteiger partial charge >= 0.3 is 5.97 Å². The van der Waals surface area contributed by atoms with Crippen LogP contribution >= 0.6 is 0 Å². The maximum absolute atomic E-state index is 13.5. The predicted octanol–water partition coefficient (Wildman–Crippen LogP) is 4.23. The van der Waals surface area contributed by atoms with E-state index in [0.717, 1.165) is 27.5 Å². The summed E-state index contributed by atoms with van der Waals surface area (Å²) in [5, 5.41) is 8.96. The summed E-state index contributed by atoms with van der Waals surface area (Å²) >= 11 is 0. The summed E-state index contributed by atoms with van der Waals surface area (Å²) in [6, 6.07) is 22.4. The molecule has 1 amide bonds. The third-order valence-electron chi connectivity index (χ3n) is 6.39. The molecular formula is C29H29N3O5S. The summed E-state index contributed by atoms with van der Waals surface area (Å²) in [7, 11) is -4.04. The maximum Gasteiger partial charge on any atom is 0.326 e. The minimum absolute atomic E-state index is 0.0247. The van der Waals surface area contributed by atoms with Crippen LogP contribution in [-0.2, 0) is 37.2 Å². The summed E-state index contributed by atoms with van der Waals surface area (Å²) < 4.78 is 33.1. The van der Waals surface area contributed by atoms with Gasteiger partial charge in [-0.3, -0.25) is 13.9 Å². The average molecular weight is 532 g/mol. The zero-order valence-electron chi connectivity index (χ0n) is 21.2. The van der Waals surface area contributed by atoms with Crippen LogP contribution in [0.15, 0.2) is 77.7 Å². The number of anilines is 2. The normalized spacial score (nSPS) is 12.8. The van der Waals surface area contributed by atoms with Crippen molar-refractivity contribution in [2.45, 2.75) is 37.5 Å². The molecule has 0 spiro atoms. The molecule has 0 N–H and O–H groups in total. The van der Waals surface area contributed by atoms with Crippen molar-refractivity contribution < 1.29 is 22.7 Å². The summed E-state index contributed by atoms with van der Waals surface area (Å²) in [6.45, 7) is 1.92. The smallest absolute Gasteiger partial charge is 0.326 e. The lowest BCUT2D eigenvalue weighted by molar-refractivity contribution is -0.141. The Morgan fingerprint density at radius 3 is 2.47 bits per heavy atom. The molecule has 0 saturated heterocycles. The van der Waals surface area contributed by atoms with Gasteiger partial charge in [0.2, 0.25) is 5.91 Å². The first kappa shape index (κ1) is 26.9. The van der Waals surface area contributed by atoms with Crippen LogP contribution < -0.4 is 9.21 Å². The fourth-order valence-electron chi connectivity index (χ4n) is 4.49. The monoisotopic (exact) mass is 531 g/mol. The largest absolute Gasteiger partial charge is 0.465 e. The third kappa shape index (κ3) is 6.03. The van der Waals surface area contributed by atoms with Crippen LogP contribution in [0.2, 0.25) is 0 Å². The van der Waals surface area contributed by atoms with Gasteiger partial charge in [-0.05, 0) is 79.8 Å². The fraction of sp³-hybridized carbons (Fsp3) is 0.276. The number of fused-ring (bicyclic) bond motifs is 1. The summed E-state index contributed by atoms with van der Waals surface area (Å²) in [6.07, 6.45) is 2.28. The molecule has 0 aliphatic carbocycles. The van der Waals surface area contributed by atoms with Crippen molar-refractivity contribution in [3.8, 4) is 6.07 Å². The van der Waals surface area contributed by atoms with Crippen LogP contribution in [0.25, 0.3) is 0 Å². The number of carbonyl (C=O) groups excluding carboxylic acids is 2. The highest BCUT2D eigenvalue weighted by atomic mass is 32.2. The molecule has 0 radical (unpaired) electrons. The molecule has 1 aliphatic rings. The first-order valence-corrected chi connectivity index (χ1v) is 13.9. The Kier molecular flexibility index (Phi) is 8.44. The van der Waals surface area contributed by atoms with Crippen LogP contribution in [0.3, 0.4) is 0 Å². The van der Waals surface area contributed by atoms with Crippen LogP contribution in [0.1, 0.15) is 36.5 Å². The van der Waals surface area contributed by atoms with Gasteiger partial charge in [-0.25, -0.2) is 8.42 Å². The maximum atomic E-state index is 13.5. The van der Waals surface area contributed by atoms with E-state index in [4.69, 9.17) is 10.00 Å². The second-order valence-electron chi connectivity index (χ2n) is 8.90. The van der Waals surface area contributed by atoms with Crippen molar-refractivity contribution in [2.75, 3.05) is 28.9 Å². The predicted molar refractivity (Wildman–Crippen MR) is 144 cm³/mol. The first-order valence-electron chi connectivity index (χ1n) is 12.5. The Balaban J connectivity index is 1.59. The number of nitrogens with zero attached hydrogens (tertiary/aromatic N) is 3. The number of aryl methyl sites for hydroxylation is 2. The quantitative estimate of drug-likeness (QED) is 0.383. The fourth-order valence-corrected chi connectivity index (χ4v) is 5.91. The zero-order valence-corrected chi connectivity index (χ0v) is 22.0. The molecule has 196 valence electrons. The van der Waals surface area contributed by atoms with E-state index in [9.17, 15) is 18.0 Å². The molecule has 1 aliphatic heterocycles. The van der Waals surface area contributed by atoms with Gasteiger partial charge in [0.05, 0.1) is 28.8 Å². The number of carbonyl (C=O) groups is 2. The standard InChI is InChI=1S/C29H29N3O5S/c1-2-37-29(34)21-32(38(35,36)26-8-4-3-5-9-26)25-15-16-27-24(19-25)7-6-18-31(27)28(33)17-14-22-10-12-23(20-30)13-11-22/h3-5,8-13,15-16,19H,2,6-7,14,17-18,21H2,1H3. The van der Waals surface area contributed by atoms with Gasteiger partial charge in [-0.1, -0.05) is 30.3 Å². The van der Waals surface area contributed by atoms with Crippen molar-refractivity contribution in [2.24, 2.45) is 0 Å². The topological polar surface area (TPSA) is 108 Å². The van der Waals surface area contributed by atoms with Gasteiger partial charge < -0.3 is 9.64 Å². The van der Waals surface area contributed by atoms with Crippen LogP contribution in [-0.4, -0.2) is 40.0 Å². The van der Waals surface area contributed by atoms with Gasteiger partial charge in [0.15, 0.2) is 0 Å². The number of hydrogen-bond acceptors (Lipinski definition) is 6. The lowest BCUT2D eigenvalue weighted by atomic mass is 9.99. The molecule has 0 atom stereocenters. The summed E-state index contributed by atoms with van der Waals surface area (Å²) in [4.78, 5) is 27.3. The van der Waals surface area contributed by atoms with Crippen molar-refractivity contribution in [1.82, 2.24) is 0 Å². The number of nitriles is 1. The minimum Gasteiger partial charge on any atom is -0.465 e. The molecule has 0 bridgehead atoms. The number of benzene rings is 3. The minimum atomic E-state index is -4.04.